The number of alkyl halides is 1. The van der Waals surface area contributed by atoms with E-state index < -0.39 is 49.3 Å². The number of aliphatic hydroxyl groups is 7. The molecule has 110 valence electrons. The summed E-state index contributed by atoms with van der Waals surface area (Å²) in [6, 6.07) is 0. The third kappa shape index (κ3) is 5.74. The fourth-order valence-corrected chi connectivity index (χ4v) is 1.27. The first-order valence-electron chi connectivity index (χ1n) is 5.22. The lowest BCUT2D eigenvalue weighted by molar-refractivity contribution is -0.141. The van der Waals surface area contributed by atoms with Crippen LogP contribution >= 0.6 is 11.6 Å². The minimum atomic E-state index is -1.85. The van der Waals surface area contributed by atoms with Crippen molar-refractivity contribution in [3.8, 4) is 0 Å². The van der Waals surface area contributed by atoms with Crippen LogP contribution in [0.25, 0.3) is 0 Å². The number of hydrogen-bond acceptors (Lipinski definition) is 8. The molecular weight excluding hydrogens is 272 g/mol. The van der Waals surface area contributed by atoms with Gasteiger partial charge in [-0.2, -0.15) is 0 Å². The molecule has 0 spiro atoms. The van der Waals surface area contributed by atoms with Gasteiger partial charge in [-0.1, -0.05) is 11.6 Å². The zero-order chi connectivity index (χ0) is 14.3. The van der Waals surface area contributed by atoms with Gasteiger partial charge in [-0.05, 0) is 0 Å². The first kappa shape index (κ1) is 18.0. The summed E-state index contributed by atoms with van der Waals surface area (Å²) in [5.41, 5.74) is -1.47. The Bertz CT molecular complexity index is 219. The molecule has 0 amide bonds. The summed E-state index contributed by atoms with van der Waals surface area (Å²) in [4.78, 5) is 0. The lowest BCUT2D eigenvalue weighted by Crippen LogP contribution is -2.49. The van der Waals surface area contributed by atoms with Crippen LogP contribution in [0.5, 0.6) is 0 Å². The summed E-state index contributed by atoms with van der Waals surface area (Å²) >= 11 is 5.54. The van der Waals surface area contributed by atoms with Crippen molar-refractivity contribution >= 4 is 11.6 Å². The largest absolute Gasteiger partial charge is 0.394 e. The van der Waals surface area contributed by atoms with E-state index in [1.807, 2.05) is 0 Å². The minimum Gasteiger partial charge on any atom is -0.394 e. The van der Waals surface area contributed by atoms with E-state index in [1.54, 1.807) is 0 Å². The van der Waals surface area contributed by atoms with Crippen LogP contribution in [-0.4, -0.2) is 91.6 Å². The third-order valence-electron chi connectivity index (χ3n) is 2.21. The molecule has 0 radical (unpaired) electrons. The predicted octanol–water partition coefficient (Wildman–Crippen LogP) is -3.64. The van der Waals surface area contributed by atoms with Crippen molar-refractivity contribution < 1.29 is 40.5 Å². The molecule has 0 aromatic heterocycles. The molecule has 0 aromatic carbocycles. The van der Waals surface area contributed by atoms with Crippen LogP contribution in [-0.2, 0) is 4.74 Å². The molecule has 2 unspecified atom stereocenters. The van der Waals surface area contributed by atoms with E-state index in [0.29, 0.717) is 0 Å². The van der Waals surface area contributed by atoms with Crippen LogP contribution in [0.2, 0.25) is 0 Å². The molecule has 0 aliphatic heterocycles. The van der Waals surface area contributed by atoms with Crippen LogP contribution in [0.4, 0.5) is 0 Å². The van der Waals surface area contributed by atoms with Gasteiger partial charge in [-0.15, -0.1) is 0 Å². The Morgan fingerprint density at radius 1 is 0.833 bits per heavy atom. The van der Waals surface area contributed by atoms with Crippen LogP contribution in [0.15, 0.2) is 0 Å². The first-order chi connectivity index (χ1) is 8.34. The second-order valence-corrected chi connectivity index (χ2v) is 4.17. The fourth-order valence-electron chi connectivity index (χ4n) is 1.05. The van der Waals surface area contributed by atoms with Crippen molar-refractivity contribution in [1.29, 1.82) is 0 Å². The number of aliphatic hydroxyl groups excluding tert-OH is 7. The normalized spacial score (nSPS) is 22.0. The standard InChI is InChI=1S/C9H19ClO8/c10-9(18-3-4(13)1-11)8(17)7(16)6(15)5(14)2-12/h4-9,11-17H,1-3H2/t4?,5-,6-,7+,8-,9?/m1/s1. The number of rotatable bonds is 9. The number of halogens is 1. The molecule has 0 saturated carbocycles. The van der Waals surface area contributed by atoms with Gasteiger partial charge >= 0.3 is 0 Å². The summed E-state index contributed by atoms with van der Waals surface area (Å²) in [6.07, 6.45) is -8.24. The quantitative estimate of drug-likeness (QED) is 0.215. The molecule has 0 saturated heterocycles. The Kier molecular flexibility index (Phi) is 8.95. The van der Waals surface area contributed by atoms with Crippen LogP contribution < -0.4 is 0 Å². The molecule has 0 aliphatic carbocycles. The number of hydrogen-bond donors (Lipinski definition) is 7. The first-order valence-corrected chi connectivity index (χ1v) is 5.66. The van der Waals surface area contributed by atoms with E-state index in [-0.39, 0.29) is 6.61 Å². The van der Waals surface area contributed by atoms with Crippen molar-refractivity contribution in [2.24, 2.45) is 0 Å². The molecule has 0 aliphatic rings. The maximum atomic E-state index is 9.48. The highest BCUT2D eigenvalue weighted by atomic mass is 35.5. The molecule has 0 bridgehead atoms. The van der Waals surface area contributed by atoms with Gasteiger partial charge in [-0.3, -0.25) is 0 Å². The molecule has 6 atom stereocenters. The predicted molar refractivity (Wildman–Crippen MR) is 59.8 cm³/mol. The molecule has 0 aromatic rings. The van der Waals surface area contributed by atoms with Gasteiger partial charge in [0, 0.05) is 0 Å². The van der Waals surface area contributed by atoms with E-state index >= 15 is 0 Å². The Morgan fingerprint density at radius 3 is 1.83 bits per heavy atom. The Morgan fingerprint density at radius 2 is 1.39 bits per heavy atom. The van der Waals surface area contributed by atoms with E-state index in [2.05, 4.69) is 0 Å². The zero-order valence-electron chi connectivity index (χ0n) is 9.50. The molecule has 9 heteroatoms. The number of ether oxygens (including phenoxy) is 1. The van der Waals surface area contributed by atoms with Crippen LogP contribution in [0.3, 0.4) is 0 Å². The van der Waals surface area contributed by atoms with Gasteiger partial charge in [0.1, 0.15) is 30.5 Å². The molecule has 7 N–H and O–H groups in total. The van der Waals surface area contributed by atoms with Crippen LogP contribution in [0, 0.1) is 0 Å². The Balaban J connectivity index is 4.22. The second kappa shape index (κ2) is 8.97. The van der Waals surface area contributed by atoms with Gasteiger partial charge in [-0.25, -0.2) is 0 Å². The smallest absolute Gasteiger partial charge is 0.159 e. The van der Waals surface area contributed by atoms with Gasteiger partial charge in [0.2, 0.25) is 0 Å². The maximum Gasteiger partial charge on any atom is 0.159 e. The SMILES string of the molecule is OCC(O)COC(Cl)[C@H](O)[C@@H](O)[C@H](O)[C@H](O)CO. The van der Waals surface area contributed by atoms with Crippen molar-refractivity contribution in [3.05, 3.63) is 0 Å². The van der Waals surface area contributed by atoms with E-state index in [0.717, 1.165) is 0 Å². The van der Waals surface area contributed by atoms with Crippen LogP contribution in [0.1, 0.15) is 0 Å². The highest BCUT2D eigenvalue weighted by molar-refractivity contribution is 6.20. The highest BCUT2D eigenvalue weighted by Gasteiger charge is 2.34. The Labute approximate surface area is 109 Å². The van der Waals surface area contributed by atoms with E-state index in [4.69, 9.17) is 36.8 Å². The molecular formula is C9H19ClO8. The van der Waals surface area contributed by atoms with Crippen molar-refractivity contribution in [2.75, 3.05) is 19.8 Å². The summed E-state index contributed by atoms with van der Waals surface area (Å²) in [6.45, 7) is -1.75. The van der Waals surface area contributed by atoms with Gasteiger partial charge < -0.3 is 40.5 Å². The maximum absolute atomic E-state index is 9.48. The minimum absolute atomic E-state index is 0.382. The lowest BCUT2D eigenvalue weighted by Gasteiger charge is -2.28. The zero-order valence-corrected chi connectivity index (χ0v) is 10.3. The summed E-state index contributed by atoms with van der Waals surface area (Å²) in [5.74, 6) is 0. The van der Waals surface area contributed by atoms with Crippen molar-refractivity contribution in [2.45, 2.75) is 36.1 Å². The molecule has 0 heterocycles. The summed E-state index contributed by atoms with van der Waals surface area (Å²) in [5, 5.41) is 63.3. The van der Waals surface area contributed by atoms with Gasteiger partial charge in [0.25, 0.3) is 0 Å². The van der Waals surface area contributed by atoms with Gasteiger partial charge in [0.15, 0.2) is 5.56 Å². The monoisotopic (exact) mass is 290 g/mol. The second-order valence-electron chi connectivity index (χ2n) is 3.74. The van der Waals surface area contributed by atoms with E-state index in [1.165, 1.54) is 0 Å². The van der Waals surface area contributed by atoms with Crippen molar-refractivity contribution in [1.82, 2.24) is 0 Å². The molecule has 18 heavy (non-hydrogen) atoms. The van der Waals surface area contributed by atoms with Crippen molar-refractivity contribution in [3.63, 3.8) is 0 Å². The average Bonchev–Trinajstić information content (AvgIpc) is 2.40. The highest BCUT2D eigenvalue weighted by Crippen LogP contribution is 2.14. The molecule has 0 fully saturated rings. The average molecular weight is 291 g/mol. The molecule has 8 nitrogen and oxygen atoms in total. The van der Waals surface area contributed by atoms with Gasteiger partial charge in [0.05, 0.1) is 19.8 Å². The molecule has 0 rings (SSSR count). The topological polar surface area (TPSA) is 151 Å². The Hall–Kier alpha value is -0.0300. The van der Waals surface area contributed by atoms with E-state index in [9.17, 15) is 15.3 Å². The third-order valence-corrected chi connectivity index (χ3v) is 2.59. The lowest BCUT2D eigenvalue weighted by atomic mass is 10.0. The fraction of sp³-hybridized carbons (Fsp3) is 1.00. The summed E-state index contributed by atoms with van der Waals surface area (Å²) < 4.78 is 4.73. The summed E-state index contributed by atoms with van der Waals surface area (Å²) in [7, 11) is 0.